The molecule has 0 spiro atoms. The number of hydrogen-bond donors (Lipinski definition) is 2. The Morgan fingerprint density at radius 1 is 1.44 bits per heavy atom. The van der Waals surface area contributed by atoms with Gasteiger partial charge in [-0.3, -0.25) is 0 Å². The second kappa shape index (κ2) is 3.37. The van der Waals surface area contributed by atoms with Crippen LogP contribution >= 0.6 is 15.9 Å². The SMILES string of the molecule is COc1cc(C2(N)CC2(C)C)c(Br)cc1O. The van der Waals surface area contributed by atoms with Gasteiger partial charge in [0.1, 0.15) is 0 Å². The van der Waals surface area contributed by atoms with Crippen molar-refractivity contribution in [3.05, 3.63) is 22.2 Å². The van der Waals surface area contributed by atoms with Crippen molar-refractivity contribution >= 4 is 15.9 Å². The highest BCUT2D eigenvalue weighted by Crippen LogP contribution is 2.62. The van der Waals surface area contributed by atoms with E-state index < -0.39 is 0 Å². The molecule has 1 aliphatic carbocycles. The first kappa shape index (κ1) is 11.7. The van der Waals surface area contributed by atoms with Crippen LogP contribution in [0.5, 0.6) is 11.5 Å². The topological polar surface area (TPSA) is 55.5 Å². The minimum Gasteiger partial charge on any atom is -0.504 e. The van der Waals surface area contributed by atoms with E-state index in [1.54, 1.807) is 6.07 Å². The lowest BCUT2D eigenvalue weighted by Gasteiger charge is -2.18. The molecule has 1 fully saturated rings. The molecule has 0 amide bonds. The van der Waals surface area contributed by atoms with E-state index in [1.807, 2.05) is 6.07 Å². The zero-order chi connectivity index (χ0) is 12.1. The Kier molecular flexibility index (Phi) is 2.48. The van der Waals surface area contributed by atoms with Gasteiger partial charge in [-0.05, 0) is 29.5 Å². The molecular weight excluding hydrogens is 270 g/mol. The number of phenols is 1. The first-order valence-electron chi connectivity index (χ1n) is 5.18. The van der Waals surface area contributed by atoms with Gasteiger partial charge in [-0.25, -0.2) is 0 Å². The summed E-state index contributed by atoms with van der Waals surface area (Å²) >= 11 is 3.44. The summed E-state index contributed by atoms with van der Waals surface area (Å²) in [4.78, 5) is 0. The van der Waals surface area contributed by atoms with Crippen LogP contribution in [0.1, 0.15) is 25.8 Å². The molecule has 0 heterocycles. The fourth-order valence-electron chi connectivity index (χ4n) is 2.16. The Balaban J connectivity index is 2.51. The van der Waals surface area contributed by atoms with Crippen molar-refractivity contribution < 1.29 is 9.84 Å². The van der Waals surface area contributed by atoms with Crippen molar-refractivity contribution in [1.29, 1.82) is 0 Å². The highest BCUT2D eigenvalue weighted by atomic mass is 79.9. The van der Waals surface area contributed by atoms with Crippen molar-refractivity contribution in [1.82, 2.24) is 0 Å². The lowest BCUT2D eigenvalue weighted by atomic mass is 9.97. The Hall–Kier alpha value is -0.740. The maximum absolute atomic E-state index is 9.64. The summed E-state index contributed by atoms with van der Waals surface area (Å²) in [7, 11) is 1.54. The van der Waals surface area contributed by atoms with E-state index in [-0.39, 0.29) is 16.7 Å². The Labute approximate surface area is 104 Å². The number of hydrogen-bond acceptors (Lipinski definition) is 3. The first-order valence-corrected chi connectivity index (χ1v) is 5.97. The second-order valence-corrected chi connectivity index (χ2v) is 5.89. The zero-order valence-corrected chi connectivity index (χ0v) is 11.3. The zero-order valence-electron chi connectivity index (χ0n) is 9.67. The average molecular weight is 286 g/mol. The van der Waals surface area contributed by atoms with Crippen LogP contribution in [0, 0.1) is 5.41 Å². The maximum Gasteiger partial charge on any atom is 0.160 e. The predicted octanol–water partition coefficient (Wildman–Crippen LogP) is 2.75. The van der Waals surface area contributed by atoms with Crippen LogP contribution in [0.3, 0.4) is 0 Å². The lowest BCUT2D eigenvalue weighted by Crippen LogP contribution is -2.26. The lowest BCUT2D eigenvalue weighted by molar-refractivity contribution is 0.371. The monoisotopic (exact) mass is 285 g/mol. The third kappa shape index (κ3) is 1.52. The molecule has 4 heteroatoms. The molecule has 1 unspecified atom stereocenters. The number of ether oxygens (including phenoxy) is 1. The van der Waals surface area contributed by atoms with Gasteiger partial charge in [0.05, 0.1) is 7.11 Å². The number of benzene rings is 1. The highest BCUT2D eigenvalue weighted by Gasteiger charge is 2.60. The smallest absolute Gasteiger partial charge is 0.160 e. The number of rotatable bonds is 2. The van der Waals surface area contributed by atoms with Crippen LogP contribution < -0.4 is 10.5 Å². The average Bonchev–Trinajstić information content (AvgIpc) is 2.66. The van der Waals surface area contributed by atoms with E-state index in [2.05, 4.69) is 29.8 Å². The van der Waals surface area contributed by atoms with Crippen LogP contribution in [0.2, 0.25) is 0 Å². The molecule has 2 rings (SSSR count). The van der Waals surface area contributed by atoms with E-state index in [0.717, 1.165) is 16.5 Å². The summed E-state index contributed by atoms with van der Waals surface area (Å²) < 4.78 is 5.94. The van der Waals surface area contributed by atoms with E-state index in [1.165, 1.54) is 7.11 Å². The number of nitrogens with two attached hydrogens (primary N) is 1. The fraction of sp³-hybridized carbons (Fsp3) is 0.500. The maximum atomic E-state index is 9.64. The summed E-state index contributed by atoms with van der Waals surface area (Å²) in [5, 5.41) is 9.64. The van der Waals surface area contributed by atoms with Gasteiger partial charge in [-0.15, -0.1) is 0 Å². The fourth-order valence-corrected chi connectivity index (χ4v) is 2.85. The van der Waals surface area contributed by atoms with Crippen LogP contribution in [0.4, 0.5) is 0 Å². The van der Waals surface area contributed by atoms with Crippen molar-refractivity contribution in [3.8, 4) is 11.5 Å². The molecule has 0 radical (unpaired) electrons. The van der Waals surface area contributed by atoms with Crippen LogP contribution in [-0.4, -0.2) is 12.2 Å². The van der Waals surface area contributed by atoms with Crippen LogP contribution in [-0.2, 0) is 5.54 Å². The first-order chi connectivity index (χ1) is 7.32. The minimum absolute atomic E-state index is 0.0947. The number of halogens is 1. The molecule has 1 aromatic rings. The van der Waals surface area contributed by atoms with E-state index in [0.29, 0.717) is 5.75 Å². The number of methoxy groups -OCH3 is 1. The Morgan fingerprint density at radius 3 is 2.44 bits per heavy atom. The van der Waals surface area contributed by atoms with Gasteiger partial charge in [0.2, 0.25) is 0 Å². The molecule has 1 aliphatic rings. The predicted molar refractivity (Wildman–Crippen MR) is 66.6 cm³/mol. The molecule has 0 bridgehead atoms. The van der Waals surface area contributed by atoms with Gasteiger partial charge < -0.3 is 15.6 Å². The molecule has 0 saturated heterocycles. The third-order valence-electron chi connectivity index (χ3n) is 3.55. The quantitative estimate of drug-likeness (QED) is 0.879. The molecule has 1 saturated carbocycles. The Bertz CT molecular complexity index is 445. The summed E-state index contributed by atoms with van der Waals surface area (Å²) in [5.74, 6) is 0.589. The van der Waals surface area contributed by atoms with Crippen molar-refractivity contribution in [2.75, 3.05) is 7.11 Å². The summed E-state index contributed by atoms with van der Waals surface area (Å²) in [5.41, 5.74) is 7.11. The van der Waals surface area contributed by atoms with Gasteiger partial charge in [0, 0.05) is 10.0 Å². The summed E-state index contributed by atoms with van der Waals surface area (Å²) in [6.45, 7) is 4.28. The van der Waals surface area contributed by atoms with Crippen molar-refractivity contribution in [3.63, 3.8) is 0 Å². The standard InChI is InChI=1S/C12H16BrNO2/c1-11(2)6-12(11,14)7-4-10(16-3)9(15)5-8(7)13/h4-5,15H,6,14H2,1-3H3. The van der Waals surface area contributed by atoms with Crippen molar-refractivity contribution in [2.45, 2.75) is 25.8 Å². The molecule has 3 nitrogen and oxygen atoms in total. The highest BCUT2D eigenvalue weighted by molar-refractivity contribution is 9.10. The summed E-state index contributed by atoms with van der Waals surface area (Å²) in [6, 6.07) is 3.45. The molecule has 16 heavy (non-hydrogen) atoms. The van der Waals surface area contributed by atoms with Crippen LogP contribution in [0.15, 0.2) is 16.6 Å². The molecular formula is C12H16BrNO2. The number of aromatic hydroxyl groups is 1. The normalized spacial score (nSPS) is 26.6. The van der Waals surface area contributed by atoms with Crippen molar-refractivity contribution in [2.24, 2.45) is 11.1 Å². The van der Waals surface area contributed by atoms with E-state index >= 15 is 0 Å². The third-order valence-corrected chi connectivity index (χ3v) is 4.21. The van der Waals surface area contributed by atoms with Gasteiger partial charge in [0.25, 0.3) is 0 Å². The molecule has 0 aromatic heterocycles. The van der Waals surface area contributed by atoms with E-state index in [4.69, 9.17) is 10.5 Å². The molecule has 88 valence electrons. The molecule has 1 aromatic carbocycles. The van der Waals surface area contributed by atoms with Gasteiger partial charge in [0.15, 0.2) is 11.5 Å². The molecule has 1 atom stereocenters. The minimum atomic E-state index is -0.327. The van der Waals surface area contributed by atoms with Crippen LogP contribution in [0.25, 0.3) is 0 Å². The molecule has 0 aliphatic heterocycles. The van der Waals surface area contributed by atoms with Gasteiger partial charge in [-0.1, -0.05) is 29.8 Å². The Morgan fingerprint density at radius 2 is 2.00 bits per heavy atom. The van der Waals surface area contributed by atoms with Gasteiger partial charge in [-0.2, -0.15) is 0 Å². The van der Waals surface area contributed by atoms with Gasteiger partial charge >= 0.3 is 0 Å². The number of phenolic OH excluding ortho intramolecular Hbond substituents is 1. The van der Waals surface area contributed by atoms with E-state index in [9.17, 15) is 5.11 Å². The largest absolute Gasteiger partial charge is 0.504 e. The summed E-state index contributed by atoms with van der Waals surface area (Å²) in [6.07, 6.45) is 0.937. The molecule has 3 N–H and O–H groups in total. The second-order valence-electron chi connectivity index (χ2n) is 5.04.